The van der Waals surface area contributed by atoms with Crippen LogP contribution in [0.3, 0.4) is 0 Å². The molecular weight excluding hydrogens is 246 g/mol. The van der Waals surface area contributed by atoms with Crippen molar-refractivity contribution in [2.75, 3.05) is 0 Å². The van der Waals surface area contributed by atoms with Crippen LogP contribution in [0, 0.1) is 6.92 Å². The highest BCUT2D eigenvalue weighted by Crippen LogP contribution is 2.08. The van der Waals surface area contributed by atoms with E-state index in [4.69, 9.17) is 5.11 Å². The number of aryl methyl sites for hydroxylation is 2. The molecular formula is C13H19N3O3. The first-order valence-corrected chi connectivity index (χ1v) is 6.36. The molecule has 0 aliphatic carbocycles. The van der Waals surface area contributed by atoms with Crippen molar-refractivity contribution >= 4 is 11.9 Å². The number of aromatic nitrogens is 2. The molecule has 2 N–H and O–H groups in total. The average Bonchev–Trinajstić information content (AvgIpc) is 2.37. The van der Waals surface area contributed by atoms with Gasteiger partial charge in [0.05, 0.1) is 17.0 Å². The Morgan fingerprint density at radius 1 is 1.37 bits per heavy atom. The first kappa shape index (κ1) is 15.1. The predicted octanol–water partition coefficient (Wildman–Crippen LogP) is 1.33. The van der Waals surface area contributed by atoms with Gasteiger partial charge in [-0.05, 0) is 25.8 Å². The summed E-state index contributed by atoms with van der Waals surface area (Å²) in [6, 6.07) is 0.766. The summed E-state index contributed by atoms with van der Waals surface area (Å²) in [7, 11) is 0. The van der Waals surface area contributed by atoms with E-state index >= 15 is 0 Å². The molecule has 19 heavy (non-hydrogen) atoms. The van der Waals surface area contributed by atoms with Crippen molar-refractivity contribution < 1.29 is 14.7 Å². The number of carbonyl (C=O) groups excluding carboxylic acids is 1. The van der Waals surface area contributed by atoms with Gasteiger partial charge in [-0.3, -0.25) is 4.79 Å². The van der Waals surface area contributed by atoms with Crippen molar-refractivity contribution in [1.82, 2.24) is 15.5 Å². The Balaban J connectivity index is 2.93. The van der Waals surface area contributed by atoms with E-state index in [1.807, 2.05) is 13.8 Å². The summed E-state index contributed by atoms with van der Waals surface area (Å²) in [4.78, 5) is 23.2. The third-order valence-electron chi connectivity index (χ3n) is 2.75. The van der Waals surface area contributed by atoms with Gasteiger partial charge in [0.2, 0.25) is 0 Å². The number of nitrogens with zero attached hydrogens (tertiary/aromatic N) is 2. The number of rotatable bonds is 6. The number of carboxylic acids is 1. The second-order valence-corrected chi connectivity index (χ2v) is 4.35. The zero-order valence-corrected chi connectivity index (χ0v) is 11.4. The van der Waals surface area contributed by atoms with E-state index in [1.165, 1.54) is 0 Å². The van der Waals surface area contributed by atoms with E-state index in [0.717, 1.165) is 0 Å². The molecule has 6 heteroatoms. The minimum absolute atomic E-state index is 0.400. The Labute approximate surface area is 112 Å². The van der Waals surface area contributed by atoms with Crippen molar-refractivity contribution in [2.45, 2.75) is 46.1 Å². The van der Waals surface area contributed by atoms with E-state index in [9.17, 15) is 9.59 Å². The molecule has 0 aliphatic rings. The maximum atomic E-state index is 12.1. The minimum Gasteiger partial charge on any atom is -0.480 e. The summed E-state index contributed by atoms with van der Waals surface area (Å²) in [5.74, 6) is -1.43. The highest BCUT2D eigenvalue weighted by Gasteiger charge is 2.21. The van der Waals surface area contributed by atoms with Crippen LogP contribution in [0.1, 0.15) is 48.4 Å². The molecule has 1 aromatic heterocycles. The quantitative estimate of drug-likeness (QED) is 0.809. The number of carbonyl (C=O) groups is 2. The largest absolute Gasteiger partial charge is 0.480 e. The Morgan fingerprint density at radius 2 is 2.05 bits per heavy atom. The topological polar surface area (TPSA) is 92.2 Å². The lowest BCUT2D eigenvalue weighted by Gasteiger charge is -2.14. The molecule has 0 aliphatic heterocycles. The monoisotopic (exact) mass is 265 g/mol. The summed E-state index contributed by atoms with van der Waals surface area (Å²) in [5, 5.41) is 19.4. The minimum atomic E-state index is -1.02. The normalized spacial score (nSPS) is 11.9. The molecule has 0 saturated carbocycles. The standard InChI is InChI=1S/C13H19N3O3/c1-4-6-11(13(18)19)14-12(17)9-7-8(3)15-16-10(9)5-2/h7,11H,4-6H2,1-3H3,(H,14,17)(H,18,19). The zero-order valence-electron chi connectivity index (χ0n) is 11.4. The van der Waals surface area contributed by atoms with Gasteiger partial charge in [0, 0.05) is 0 Å². The fourth-order valence-electron chi connectivity index (χ4n) is 1.75. The van der Waals surface area contributed by atoms with Crippen LogP contribution in [0.4, 0.5) is 0 Å². The van der Waals surface area contributed by atoms with E-state index < -0.39 is 17.9 Å². The molecule has 1 amide bonds. The molecule has 1 atom stereocenters. The Kier molecular flexibility index (Phi) is 5.41. The lowest BCUT2D eigenvalue weighted by Crippen LogP contribution is -2.41. The van der Waals surface area contributed by atoms with Crippen molar-refractivity contribution in [1.29, 1.82) is 0 Å². The molecule has 0 saturated heterocycles. The zero-order chi connectivity index (χ0) is 14.4. The summed E-state index contributed by atoms with van der Waals surface area (Å²) >= 11 is 0. The van der Waals surface area contributed by atoms with Gasteiger partial charge >= 0.3 is 5.97 Å². The lowest BCUT2D eigenvalue weighted by atomic mass is 10.1. The fourth-order valence-corrected chi connectivity index (χ4v) is 1.75. The van der Waals surface area contributed by atoms with Crippen molar-refractivity contribution in [3.8, 4) is 0 Å². The number of hydrogen-bond acceptors (Lipinski definition) is 4. The molecule has 6 nitrogen and oxygen atoms in total. The van der Waals surface area contributed by atoms with Crippen LogP contribution < -0.4 is 5.32 Å². The number of amides is 1. The lowest BCUT2D eigenvalue weighted by molar-refractivity contribution is -0.139. The molecule has 1 unspecified atom stereocenters. The molecule has 0 bridgehead atoms. The third kappa shape index (κ3) is 4.01. The molecule has 1 aromatic rings. The SMILES string of the molecule is CCCC(NC(=O)c1cc(C)nnc1CC)C(=O)O. The van der Waals surface area contributed by atoms with Crippen molar-refractivity contribution in [3.63, 3.8) is 0 Å². The average molecular weight is 265 g/mol. The van der Waals surface area contributed by atoms with Crippen LogP contribution in [-0.2, 0) is 11.2 Å². The second-order valence-electron chi connectivity index (χ2n) is 4.35. The van der Waals surface area contributed by atoms with Crippen molar-refractivity contribution in [3.05, 3.63) is 23.0 Å². The molecule has 0 radical (unpaired) electrons. The van der Waals surface area contributed by atoms with Gasteiger partial charge in [-0.15, -0.1) is 0 Å². The van der Waals surface area contributed by atoms with Gasteiger partial charge in [-0.1, -0.05) is 20.3 Å². The molecule has 104 valence electrons. The van der Waals surface area contributed by atoms with Gasteiger partial charge in [-0.25, -0.2) is 4.79 Å². The van der Waals surface area contributed by atoms with E-state index in [-0.39, 0.29) is 0 Å². The van der Waals surface area contributed by atoms with Crippen LogP contribution in [0.5, 0.6) is 0 Å². The molecule has 0 aromatic carbocycles. The maximum absolute atomic E-state index is 12.1. The van der Waals surface area contributed by atoms with E-state index in [0.29, 0.717) is 36.2 Å². The fraction of sp³-hybridized carbons (Fsp3) is 0.538. The van der Waals surface area contributed by atoms with Crippen molar-refractivity contribution in [2.24, 2.45) is 0 Å². The summed E-state index contributed by atoms with van der Waals surface area (Å²) in [6.07, 6.45) is 1.66. The Hall–Kier alpha value is -1.98. The van der Waals surface area contributed by atoms with Crippen LogP contribution in [0.2, 0.25) is 0 Å². The predicted molar refractivity (Wildman–Crippen MR) is 69.9 cm³/mol. The third-order valence-corrected chi connectivity index (χ3v) is 2.75. The van der Waals surface area contributed by atoms with E-state index in [1.54, 1.807) is 13.0 Å². The molecule has 0 fully saturated rings. The Bertz CT molecular complexity index is 474. The number of carboxylic acid groups (broad SMARTS) is 1. The Morgan fingerprint density at radius 3 is 2.58 bits per heavy atom. The number of nitrogens with one attached hydrogen (secondary N) is 1. The first-order valence-electron chi connectivity index (χ1n) is 6.36. The number of aliphatic carboxylic acids is 1. The summed E-state index contributed by atoms with van der Waals surface area (Å²) in [5.41, 5.74) is 1.60. The molecule has 0 spiro atoms. The summed E-state index contributed by atoms with van der Waals surface area (Å²) in [6.45, 7) is 5.48. The highest BCUT2D eigenvalue weighted by molar-refractivity contribution is 5.97. The highest BCUT2D eigenvalue weighted by atomic mass is 16.4. The first-order chi connectivity index (χ1) is 8.99. The molecule has 1 rings (SSSR count). The van der Waals surface area contributed by atoms with Gasteiger partial charge in [0.15, 0.2) is 0 Å². The van der Waals surface area contributed by atoms with Gasteiger partial charge in [0.25, 0.3) is 5.91 Å². The smallest absolute Gasteiger partial charge is 0.326 e. The number of hydrogen-bond donors (Lipinski definition) is 2. The molecule has 1 heterocycles. The van der Waals surface area contributed by atoms with Crippen LogP contribution in [0.15, 0.2) is 6.07 Å². The van der Waals surface area contributed by atoms with Crippen LogP contribution in [-0.4, -0.2) is 33.2 Å². The van der Waals surface area contributed by atoms with Gasteiger partial charge < -0.3 is 10.4 Å². The second kappa shape index (κ2) is 6.82. The van der Waals surface area contributed by atoms with Gasteiger partial charge in [-0.2, -0.15) is 10.2 Å². The van der Waals surface area contributed by atoms with Gasteiger partial charge in [0.1, 0.15) is 6.04 Å². The maximum Gasteiger partial charge on any atom is 0.326 e. The van der Waals surface area contributed by atoms with Crippen LogP contribution in [0.25, 0.3) is 0 Å². The van der Waals surface area contributed by atoms with E-state index in [2.05, 4.69) is 15.5 Å². The summed E-state index contributed by atoms with van der Waals surface area (Å²) < 4.78 is 0. The van der Waals surface area contributed by atoms with Crippen LogP contribution >= 0.6 is 0 Å².